The Kier molecular flexibility index (Phi) is 60.6. The second-order valence-electron chi connectivity index (χ2n) is 0.470. The molecule has 0 aliphatic heterocycles. The van der Waals surface area contributed by atoms with Crippen molar-refractivity contribution in [2.75, 3.05) is 0 Å². The molecule has 11 heavy (non-hydrogen) atoms. The van der Waals surface area contributed by atoms with Gasteiger partial charge in [0.05, 0.1) is 0 Å². The molecular formula is CHNa3O6S. The first-order chi connectivity index (χ1) is 3.46. The summed E-state index contributed by atoms with van der Waals surface area (Å²) in [6.45, 7) is 0. The monoisotopic (exact) mass is 210 g/mol. The molecular weight excluding hydrogens is 209 g/mol. The molecule has 0 rings (SSSR count). The summed E-state index contributed by atoms with van der Waals surface area (Å²) < 4.78 is 25.3. The molecule has 50 valence electrons. The van der Waals surface area contributed by atoms with Crippen LogP contribution >= 0.6 is 0 Å². The molecule has 0 aromatic rings. The minimum Gasteiger partial charge on any atom is -0.784 e. The van der Waals surface area contributed by atoms with Crippen molar-refractivity contribution in [2.24, 2.45) is 0 Å². The van der Waals surface area contributed by atoms with Gasteiger partial charge in [0.2, 0.25) is 6.16 Å². The van der Waals surface area contributed by atoms with Crippen LogP contribution in [0.4, 0.5) is 4.79 Å². The molecule has 0 radical (unpaired) electrons. The number of carboxylic acid groups (broad SMARTS) is 2. The van der Waals surface area contributed by atoms with E-state index in [4.69, 9.17) is 28.3 Å². The number of carbonyl (C=O) groups is 1. The SMILES string of the molecule is O=C([O-])O.O=S([O-])[O-].[Na+].[Na+].[Na+]. The molecule has 0 saturated carbocycles. The molecule has 0 amide bonds. The van der Waals surface area contributed by atoms with Crippen molar-refractivity contribution in [3.8, 4) is 0 Å². The summed E-state index contributed by atoms with van der Waals surface area (Å²) in [5, 5.41) is 15.3. The molecule has 0 aromatic heterocycles. The van der Waals surface area contributed by atoms with Gasteiger partial charge in [-0.2, -0.15) is 0 Å². The van der Waals surface area contributed by atoms with Gasteiger partial charge in [0.1, 0.15) is 0 Å². The van der Waals surface area contributed by atoms with Crippen LogP contribution in [0.3, 0.4) is 0 Å². The topological polar surface area (TPSA) is 124 Å². The maximum Gasteiger partial charge on any atom is 1.00 e. The van der Waals surface area contributed by atoms with Gasteiger partial charge in [-0.15, -0.1) is 11.4 Å². The zero-order valence-electron chi connectivity index (χ0n) is 6.40. The smallest absolute Gasteiger partial charge is 0.784 e. The molecule has 0 fully saturated rings. The Hall–Kier alpha value is 2.34. The maximum absolute atomic E-state index is 8.44. The molecule has 0 atom stereocenters. The first-order valence-corrected chi connectivity index (χ1v) is 2.13. The van der Waals surface area contributed by atoms with E-state index in [1.807, 2.05) is 0 Å². The van der Waals surface area contributed by atoms with Crippen LogP contribution in [-0.4, -0.2) is 24.6 Å². The molecule has 0 aliphatic carbocycles. The van der Waals surface area contributed by atoms with Crippen molar-refractivity contribution in [3.63, 3.8) is 0 Å². The van der Waals surface area contributed by atoms with Gasteiger partial charge in [0, 0.05) is 0 Å². The fourth-order valence-corrected chi connectivity index (χ4v) is 0. The second kappa shape index (κ2) is 22.8. The fourth-order valence-electron chi connectivity index (χ4n) is 0. The Morgan fingerprint density at radius 2 is 1.18 bits per heavy atom. The third-order valence-electron chi connectivity index (χ3n) is 0. The first kappa shape index (κ1) is 29.2. The minimum atomic E-state index is -3.11. The molecule has 0 spiro atoms. The molecule has 1 N–H and O–H groups in total. The van der Waals surface area contributed by atoms with Crippen molar-refractivity contribution < 1.29 is 117 Å². The van der Waals surface area contributed by atoms with E-state index in [0.29, 0.717) is 0 Å². The van der Waals surface area contributed by atoms with Crippen LogP contribution in [0.25, 0.3) is 0 Å². The zero-order valence-corrected chi connectivity index (χ0v) is 13.2. The molecule has 0 unspecified atom stereocenters. The molecule has 0 aliphatic rings. The van der Waals surface area contributed by atoms with E-state index in [1.165, 1.54) is 0 Å². The van der Waals surface area contributed by atoms with Crippen LogP contribution in [-0.2, 0) is 11.4 Å². The first-order valence-electron chi connectivity index (χ1n) is 1.13. The number of rotatable bonds is 0. The Balaban J connectivity index is -0.0000000171. The van der Waals surface area contributed by atoms with Gasteiger partial charge in [-0.05, 0) is 0 Å². The molecule has 10 heteroatoms. The summed E-state index contributed by atoms with van der Waals surface area (Å²) in [5.74, 6) is 0. The predicted octanol–water partition coefficient (Wildman–Crippen LogP) is -11.1. The zero-order chi connectivity index (χ0) is 7.15. The van der Waals surface area contributed by atoms with Crippen LogP contribution in [0.2, 0.25) is 0 Å². The van der Waals surface area contributed by atoms with E-state index in [0.717, 1.165) is 0 Å². The quantitative estimate of drug-likeness (QED) is 0.312. The predicted molar refractivity (Wildman–Crippen MR) is 17.7 cm³/mol. The summed E-state index contributed by atoms with van der Waals surface area (Å²) >= 11 is -3.11. The Morgan fingerprint density at radius 1 is 1.18 bits per heavy atom. The van der Waals surface area contributed by atoms with E-state index in [2.05, 4.69) is 0 Å². The van der Waals surface area contributed by atoms with Gasteiger partial charge in [-0.25, -0.2) is 0 Å². The Bertz CT molecular complexity index is 75.8. The summed E-state index contributed by atoms with van der Waals surface area (Å²) in [7, 11) is 0. The minimum absolute atomic E-state index is 0. The van der Waals surface area contributed by atoms with Crippen molar-refractivity contribution in [1.82, 2.24) is 0 Å². The van der Waals surface area contributed by atoms with E-state index < -0.39 is 17.5 Å². The number of hydrogen-bond acceptors (Lipinski definition) is 5. The normalized spacial score (nSPS) is 5.36. The number of hydrogen-bond donors (Lipinski definition) is 1. The van der Waals surface area contributed by atoms with Gasteiger partial charge in [-0.3, -0.25) is 4.21 Å². The van der Waals surface area contributed by atoms with Crippen LogP contribution in [0.1, 0.15) is 0 Å². The maximum atomic E-state index is 8.44. The van der Waals surface area contributed by atoms with Crippen LogP contribution in [0.5, 0.6) is 0 Å². The van der Waals surface area contributed by atoms with Crippen molar-refractivity contribution in [3.05, 3.63) is 0 Å². The largest absolute Gasteiger partial charge is 1.00 e. The molecule has 0 saturated heterocycles. The van der Waals surface area contributed by atoms with Gasteiger partial charge in [0.25, 0.3) is 0 Å². The van der Waals surface area contributed by atoms with Gasteiger partial charge in [0.15, 0.2) is 0 Å². The Labute approximate surface area is 132 Å². The summed E-state index contributed by atoms with van der Waals surface area (Å²) in [4.78, 5) is 8.44. The molecule has 0 heterocycles. The van der Waals surface area contributed by atoms with E-state index in [-0.39, 0.29) is 88.7 Å². The molecule has 6 nitrogen and oxygen atoms in total. The van der Waals surface area contributed by atoms with Gasteiger partial charge < -0.3 is 24.1 Å². The average molecular weight is 210 g/mol. The van der Waals surface area contributed by atoms with Crippen molar-refractivity contribution in [1.29, 1.82) is 0 Å². The van der Waals surface area contributed by atoms with Crippen molar-refractivity contribution >= 4 is 17.5 Å². The van der Waals surface area contributed by atoms with E-state index >= 15 is 0 Å². The van der Waals surface area contributed by atoms with Crippen LogP contribution in [0.15, 0.2) is 0 Å². The van der Waals surface area contributed by atoms with Crippen molar-refractivity contribution in [2.45, 2.75) is 0 Å². The molecule has 0 aromatic carbocycles. The van der Waals surface area contributed by atoms with E-state index in [1.54, 1.807) is 0 Å². The second-order valence-corrected chi connectivity index (χ2v) is 0.878. The standard InChI is InChI=1S/CH2O3.3Na.H2O3S/c2-1(3)4;;;;1-4(2)3/h(H2,2,3,4);;;;(H2,1,2,3)/q;3*+1;/p-3. The average Bonchev–Trinajstić information content (AvgIpc) is 1.25. The summed E-state index contributed by atoms with van der Waals surface area (Å²) in [6, 6.07) is 0. The fraction of sp³-hybridized carbons (Fsp3) is 0. The van der Waals surface area contributed by atoms with E-state index in [9.17, 15) is 0 Å². The summed E-state index contributed by atoms with van der Waals surface area (Å²) in [6.07, 6.45) is -2.08. The third kappa shape index (κ3) is 241. The molecule has 0 bridgehead atoms. The third-order valence-corrected chi connectivity index (χ3v) is 0. The van der Waals surface area contributed by atoms with Crippen LogP contribution in [0, 0.1) is 0 Å². The van der Waals surface area contributed by atoms with Gasteiger partial charge >= 0.3 is 88.7 Å². The summed E-state index contributed by atoms with van der Waals surface area (Å²) in [5.41, 5.74) is 0. The van der Waals surface area contributed by atoms with Gasteiger partial charge in [-0.1, -0.05) is 0 Å². The Morgan fingerprint density at radius 3 is 1.18 bits per heavy atom. The van der Waals surface area contributed by atoms with Crippen LogP contribution < -0.4 is 93.8 Å².